The van der Waals surface area contributed by atoms with Gasteiger partial charge in [0.05, 0.1) is 4.90 Å². The van der Waals surface area contributed by atoms with Crippen LogP contribution in [0, 0.1) is 27.7 Å². The molecule has 144 valence electrons. The highest BCUT2D eigenvalue weighted by molar-refractivity contribution is 7.89. The summed E-state index contributed by atoms with van der Waals surface area (Å²) in [4.78, 5) is 14.8. The molecular formula is C21H26N2O3S. The summed E-state index contributed by atoms with van der Waals surface area (Å²) in [5.74, 6) is -0.0401. The Bertz CT molecular complexity index is 975. The zero-order valence-corrected chi connectivity index (χ0v) is 17.1. The molecule has 0 radical (unpaired) electrons. The van der Waals surface area contributed by atoms with E-state index in [-0.39, 0.29) is 5.91 Å². The topological polar surface area (TPSA) is 57.7 Å². The molecule has 1 aliphatic rings. The van der Waals surface area contributed by atoms with Crippen molar-refractivity contribution in [2.24, 2.45) is 0 Å². The Kier molecular flexibility index (Phi) is 5.40. The van der Waals surface area contributed by atoms with E-state index in [1.165, 1.54) is 4.31 Å². The highest BCUT2D eigenvalue weighted by Crippen LogP contribution is 2.23. The number of aryl methyl sites for hydroxylation is 4. The first-order valence-electron chi connectivity index (χ1n) is 9.14. The first-order valence-corrected chi connectivity index (χ1v) is 10.6. The number of amides is 1. The summed E-state index contributed by atoms with van der Waals surface area (Å²) in [5, 5.41) is 0. The number of sulfonamides is 1. The predicted molar refractivity (Wildman–Crippen MR) is 106 cm³/mol. The van der Waals surface area contributed by atoms with Gasteiger partial charge in [0.2, 0.25) is 10.0 Å². The second-order valence-corrected chi connectivity index (χ2v) is 9.17. The molecule has 0 aliphatic carbocycles. The maximum atomic E-state index is 13.0. The Balaban J connectivity index is 1.72. The van der Waals surface area contributed by atoms with Crippen LogP contribution in [0.2, 0.25) is 0 Å². The molecule has 3 rings (SSSR count). The zero-order valence-electron chi connectivity index (χ0n) is 16.3. The van der Waals surface area contributed by atoms with E-state index < -0.39 is 10.0 Å². The second kappa shape index (κ2) is 7.44. The summed E-state index contributed by atoms with van der Waals surface area (Å²) in [5.41, 5.74) is 4.68. The van der Waals surface area contributed by atoms with E-state index >= 15 is 0 Å². The fourth-order valence-corrected chi connectivity index (χ4v) is 5.04. The van der Waals surface area contributed by atoms with Crippen molar-refractivity contribution in [2.45, 2.75) is 32.6 Å². The summed E-state index contributed by atoms with van der Waals surface area (Å²) in [6.07, 6.45) is 0. The second-order valence-electron chi connectivity index (χ2n) is 7.26. The van der Waals surface area contributed by atoms with Crippen molar-refractivity contribution in [2.75, 3.05) is 26.2 Å². The van der Waals surface area contributed by atoms with E-state index in [1.54, 1.807) is 11.0 Å². The van der Waals surface area contributed by atoms with E-state index in [0.29, 0.717) is 36.6 Å². The molecule has 0 aromatic heterocycles. The lowest BCUT2D eigenvalue weighted by atomic mass is 10.1. The average Bonchev–Trinajstić information content (AvgIpc) is 2.63. The number of hydrogen-bond donors (Lipinski definition) is 0. The maximum Gasteiger partial charge on any atom is 0.253 e. The molecule has 1 amide bonds. The van der Waals surface area contributed by atoms with E-state index in [4.69, 9.17) is 0 Å². The number of rotatable bonds is 3. The molecule has 6 heteroatoms. The van der Waals surface area contributed by atoms with Gasteiger partial charge in [-0.1, -0.05) is 23.8 Å². The number of nitrogens with zero attached hydrogens (tertiary/aromatic N) is 2. The molecule has 0 spiro atoms. The Morgan fingerprint density at radius 1 is 0.815 bits per heavy atom. The minimum absolute atomic E-state index is 0.0401. The van der Waals surface area contributed by atoms with Crippen molar-refractivity contribution in [3.8, 4) is 0 Å². The minimum atomic E-state index is -3.54. The number of carbonyl (C=O) groups is 1. The summed E-state index contributed by atoms with van der Waals surface area (Å²) >= 11 is 0. The van der Waals surface area contributed by atoms with Crippen molar-refractivity contribution in [3.63, 3.8) is 0 Å². The minimum Gasteiger partial charge on any atom is -0.336 e. The molecule has 5 nitrogen and oxygen atoms in total. The molecule has 0 atom stereocenters. The number of piperazine rings is 1. The SMILES string of the molecule is Cc1ccc(S(=O)(=O)N2CCN(C(=O)c3ccc(C)c(C)c3)CC2)c(C)c1. The molecule has 1 fully saturated rings. The smallest absolute Gasteiger partial charge is 0.253 e. The Morgan fingerprint density at radius 3 is 2.07 bits per heavy atom. The average molecular weight is 387 g/mol. The van der Waals surface area contributed by atoms with Crippen molar-refractivity contribution in [1.82, 2.24) is 9.21 Å². The standard InChI is InChI=1S/C21H26N2O3S/c1-15-5-8-20(18(4)13-15)27(25,26)23-11-9-22(10-12-23)21(24)19-7-6-16(2)17(3)14-19/h5-8,13-14H,9-12H2,1-4H3. The lowest BCUT2D eigenvalue weighted by Crippen LogP contribution is -2.50. The van der Waals surface area contributed by atoms with Crippen molar-refractivity contribution in [3.05, 3.63) is 64.2 Å². The zero-order chi connectivity index (χ0) is 19.8. The largest absolute Gasteiger partial charge is 0.336 e. The van der Waals surface area contributed by atoms with Gasteiger partial charge in [0.25, 0.3) is 5.91 Å². The monoisotopic (exact) mass is 386 g/mol. The van der Waals surface area contributed by atoms with Crippen LogP contribution in [0.25, 0.3) is 0 Å². The van der Waals surface area contributed by atoms with Gasteiger partial charge in [-0.15, -0.1) is 0 Å². The van der Waals surface area contributed by atoms with E-state index in [1.807, 2.05) is 58.0 Å². The normalized spacial score (nSPS) is 15.8. The molecule has 0 saturated carbocycles. The first kappa shape index (κ1) is 19.6. The fraction of sp³-hybridized carbons (Fsp3) is 0.381. The third kappa shape index (κ3) is 3.92. The molecule has 0 unspecified atom stereocenters. The molecule has 0 N–H and O–H groups in total. The number of hydrogen-bond acceptors (Lipinski definition) is 3. The van der Waals surface area contributed by atoms with E-state index in [9.17, 15) is 13.2 Å². The molecule has 0 bridgehead atoms. The Hall–Kier alpha value is -2.18. The van der Waals surface area contributed by atoms with Crippen LogP contribution in [-0.2, 0) is 10.0 Å². The lowest BCUT2D eigenvalue weighted by molar-refractivity contribution is 0.0698. The van der Waals surface area contributed by atoms with E-state index in [2.05, 4.69) is 0 Å². The van der Waals surface area contributed by atoms with Gasteiger partial charge in [0.15, 0.2) is 0 Å². The highest BCUT2D eigenvalue weighted by Gasteiger charge is 2.31. The molecule has 1 saturated heterocycles. The summed E-state index contributed by atoms with van der Waals surface area (Å²) in [6.45, 7) is 9.19. The summed E-state index contributed by atoms with van der Waals surface area (Å²) in [7, 11) is -3.54. The first-order chi connectivity index (χ1) is 12.7. The summed E-state index contributed by atoms with van der Waals surface area (Å²) < 4.78 is 27.4. The third-order valence-electron chi connectivity index (χ3n) is 5.23. The van der Waals surface area contributed by atoms with Crippen LogP contribution in [0.3, 0.4) is 0 Å². The molecule has 1 aliphatic heterocycles. The van der Waals surface area contributed by atoms with Crippen LogP contribution in [0.5, 0.6) is 0 Å². The van der Waals surface area contributed by atoms with Crippen molar-refractivity contribution in [1.29, 1.82) is 0 Å². The van der Waals surface area contributed by atoms with Gasteiger partial charge >= 0.3 is 0 Å². The lowest BCUT2D eigenvalue weighted by Gasteiger charge is -2.34. The molecule has 27 heavy (non-hydrogen) atoms. The molecular weight excluding hydrogens is 360 g/mol. The number of benzene rings is 2. The molecule has 2 aromatic rings. The van der Waals surface area contributed by atoms with Gasteiger partial charge in [0, 0.05) is 31.7 Å². The van der Waals surface area contributed by atoms with Crippen LogP contribution in [0.1, 0.15) is 32.6 Å². The highest BCUT2D eigenvalue weighted by atomic mass is 32.2. The van der Waals surface area contributed by atoms with Crippen LogP contribution in [0.4, 0.5) is 0 Å². The van der Waals surface area contributed by atoms with E-state index in [0.717, 1.165) is 22.3 Å². The van der Waals surface area contributed by atoms with Gasteiger partial charge in [-0.3, -0.25) is 4.79 Å². The molecule has 2 aromatic carbocycles. The quantitative estimate of drug-likeness (QED) is 0.815. The van der Waals surface area contributed by atoms with Crippen molar-refractivity contribution >= 4 is 15.9 Å². The van der Waals surface area contributed by atoms with Crippen LogP contribution in [-0.4, -0.2) is 49.7 Å². The molecule has 1 heterocycles. The maximum absolute atomic E-state index is 13.0. The predicted octanol–water partition coefficient (Wildman–Crippen LogP) is 3.07. The number of carbonyl (C=O) groups excluding carboxylic acids is 1. The van der Waals surface area contributed by atoms with Gasteiger partial charge in [-0.2, -0.15) is 4.31 Å². The van der Waals surface area contributed by atoms with Crippen LogP contribution in [0.15, 0.2) is 41.3 Å². The van der Waals surface area contributed by atoms with Gasteiger partial charge in [-0.25, -0.2) is 8.42 Å². The Labute approximate surface area is 161 Å². The van der Waals surface area contributed by atoms with Gasteiger partial charge in [-0.05, 0) is 62.6 Å². The Morgan fingerprint density at radius 2 is 1.48 bits per heavy atom. The van der Waals surface area contributed by atoms with Crippen molar-refractivity contribution < 1.29 is 13.2 Å². The fourth-order valence-electron chi connectivity index (χ4n) is 3.42. The third-order valence-corrected chi connectivity index (χ3v) is 7.29. The summed E-state index contributed by atoms with van der Waals surface area (Å²) in [6, 6.07) is 11.1. The van der Waals surface area contributed by atoms with Gasteiger partial charge in [0.1, 0.15) is 0 Å². The van der Waals surface area contributed by atoms with Crippen LogP contribution < -0.4 is 0 Å². The van der Waals surface area contributed by atoms with Gasteiger partial charge < -0.3 is 4.90 Å². The van der Waals surface area contributed by atoms with Crippen LogP contribution >= 0.6 is 0 Å².